The SMILES string of the molecule is O=C1CC/C=C\CCCCCCCCCCCCC(=O)O1. The van der Waals surface area contributed by atoms with Gasteiger partial charge in [-0.3, -0.25) is 9.59 Å². The van der Waals surface area contributed by atoms with Crippen LogP contribution in [0.2, 0.25) is 0 Å². The van der Waals surface area contributed by atoms with E-state index in [1.807, 2.05) is 6.08 Å². The highest BCUT2D eigenvalue weighted by molar-refractivity contribution is 5.85. The van der Waals surface area contributed by atoms with Gasteiger partial charge >= 0.3 is 11.9 Å². The molecule has 0 aliphatic carbocycles. The molecule has 3 heteroatoms. The van der Waals surface area contributed by atoms with Crippen LogP contribution in [0, 0.1) is 0 Å². The first-order chi connectivity index (χ1) is 10.3. The third-order valence-electron chi connectivity index (χ3n) is 3.91. The Morgan fingerprint density at radius 2 is 1.05 bits per heavy atom. The van der Waals surface area contributed by atoms with Crippen LogP contribution in [0.25, 0.3) is 0 Å². The molecule has 0 spiro atoms. The van der Waals surface area contributed by atoms with Crippen molar-refractivity contribution >= 4 is 11.9 Å². The number of hydrogen-bond donors (Lipinski definition) is 0. The molecule has 0 atom stereocenters. The summed E-state index contributed by atoms with van der Waals surface area (Å²) in [6.07, 6.45) is 18.8. The summed E-state index contributed by atoms with van der Waals surface area (Å²) in [4.78, 5) is 22.9. The van der Waals surface area contributed by atoms with E-state index in [0.29, 0.717) is 19.3 Å². The molecular weight excluding hydrogens is 264 g/mol. The van der Waals surface area contributed by atoms with Crippen molar-refractivity contribution in [1.29, 1.82) is 0 Å². The zero-order chi connectivity index (χ0) is 15.2. The van der Waals surface area contributed by atoms with Crippen LogP contribution in [-0.4, -0.2) is 11.9 Å². The standard InChI is InChI=1S/C18H30O3/c19-17-15-13-11-9-7-5-3-1-2-4-6-8-10-12-14-16-18(20)21-17/h9,11H,1-8,10,12-16H2/b11-9-. The van der Waals surface area contributed by atoms with E-state index >= 15 is 0 Å². The van der Waals surface area contributed by atoms with Gasteiger partial charge in [-0.25, -0.2) is 0 Å². The number of ether oxygens (including phenoxy) is 1. The van der Waals surface area contributed by atoms with Gasteiger partial charge in [-0.05, 0) is 25.7 Å². The largest absolute Gasteiger partial charge is 0.393 e. The average Bonchev–Trinajstić information content (AvgIpc) is 2.46. The molecule has 0 saturated carbocycles. The molecule has 0 aromatic rings. The van der Waals surface area contributed by atoms with E-state index in [9.17, 15) is 9.59 Å². The Bertz CT molecular complexity index is 320. The molecule has 0 radical (unpaired) electrons. The minimum absolute atomic E-state index is 0.308. The monoisotopic (exact) mass is 294 g/mol. The van der Waals surface area contributed by atoms with Crippen molar-refractivity contribution in [3.05, 3.63) is 12.2 Å². The van der Waals surface area contributed by atoms with Gasteiger partial charge < -0.3 is 4.74 Å². The maximum absolute atomic E-state index is 11.5. The summed E-state index contributed by atoms with van der Waals surface area (Å²) in [5, 5.41) is 0. The minimum Gasteiger partial charge on any atom is -0.393 e. The molecule has 0 amide bonds. The van der Waals surface area contributed by atoms with Gasteiger partial charge in [0.2, 0.25) is 0 Å². The predicted molar refractivity (Wildman–Crippen MR) is 84.9 cm³/mol. The van der Waals surface area contributed by atoms with Gasteiger partial charge in [0.15, 0.2) is 0 Å². The Balaban J connectivity index is 2.27. The van der Waals surface area contributed by atoms with Crippen molar-refractivity contribution in [1.82, 2.24) is 0 Å². The molecule has 0 saturated heterocycles. The highest BCUT2D eigenvalue weighted by atomic mass is 16.6. The van der Waals surface area contributed by atoms with Crippen molar-refractivity contribution in [3.63, 3.8) is 0 Å². The van der Waals surface area contributed by atoms with Crippen LogP contribution in [0.5, 0.6) is 0 Å². The molecule has 1 rings (SSSR count). The van der Waals surface area contributed by atoms with E-state index in [1.165, 1.54) is 51.4 Å². The van der Waals surface area contributed by atoms with Crippen molar-refractivity contribution in [2.45, 2.75) is 89.9 Å². The van der Waals surface area contributed by atoms with Gasteiger partial charge in [-0.2, -0.15) is 0 Å². The van der Waals surface area contributed by atoms with Crippen LogP contribution in [0.15, 0.2) is 12.2 Å². The zero-order valence-corrected chi connectivity index (χ0v) is 13.3. The smallest absolute Gasteiger partial charge is 0.313 e. The molecule has 1 aliphatic heterocycles. The van der Waals surface area contributed by atoms with Crippen molar-refractivity contribution in [2.24, 2.45) is 0 Å². The van der Waals surface area contributed by atoms with Crippen LogP contribution in [0.4, 0.5) is 0 Å². The van der Waals surface area contributed by atoms with Crippen molar-refractivity contribution < 1.29 is 14.3 Å². The van der Waals surface area contributed by atoms with Crippen molar-refractivity contribution in [3.8, 4) is 0 Å². The number of rotatable bonds is 0. The molecule has 1 aliphatic rings. The Hall–Kier alpha value is -1.12. The molecule has 0 aromatic heterocycles. The highest BCUT2D eigenvalue weighted by Gasteiger charge is 2.09. The lowest BCUT2D eigenvalue weighted by Gasteiger charge is -2.03. The third kappa shape index (κ3) is 11.2. The van der Waals surface area contributed by atoms with Gasteiger partial charge in [0.05, 0.1) is 0 Å². The predicted octanol–water partition coefficient (Wildman–Crippen LogP) is 5.09. The molecular formula is C18H30O3. The van der Waals surface area contributed by atoms with Crippen molar-refractivity contribution in [2.75, 3.05) is 0 Å². The second-order valence-electron chi connectivity index (χ2n) is 5.93. The third-order valence-corrected chi connectivity index (χ3v) is 3.91. The summed E-state index contributed by atoms with van der Waals surface area (Å²) in [6, 6.07) is 0. The Morgan fingerprint density at radius 1 is 0.571 bits per heavy atom. The molecule has 0 aromatic carbocycles. The molecule has 0 N–H and O–H groups in total. The van der Waals surface area contributed by atoms with Gasteiger partial charge in [0.1, 0.15) is 0 Å². The lowest BCUT2D eigenvalue weighted by atomic mass is 10.1. The van der Waals surface area contributed by atoms with E-state index in [1.54, 1.807) is 0 Å². The number of carbonyl (C=O) groups is 2. The lowest BCUT2D eigenvalue weighted by Crippen LogP contribution is -2.11. The molecule has 1 heterocycles. The van der Waals surface area contributed by atoms with E-state index < -0.39 is 0 Å². The Labute approximate surface area is 129 Å². The number of esters is 2. The van der Waals surface area contributed by atoms with E-state index in [4.69, 9.17) is 4.74 Å². The second-order valence-corrected chi connectivity index (χ2v) is 5.93. The average molecular weight is 294 g/mol. The number of allylic oxidation sites excluding steroid dienone is 2. The zero-order valence-electron chi connectivity index (χ0n) is 13.3. The number of hydrogen-bond acceptors (Lipinski definition) is 3. The topological polar surface area (TPSA) is 43.4 Å². The molecule has 120 valence electrons. The maximum atomic E-state index is 11.5. The van der Waals surface area contributed by atoms with Crippen LogP contribution in [0.3, 0.4) is 0 Å². The summed E-state index contributed by atoms with van der Waals surface area (Å²) in [6.45, 7) is 0. The molecule has 3 nitrogen and oxygen atoms in total. The normalized spacial score (nSPS) is 23.4. The van der Waals surface area contributed by atoms with E-state index in [-0.39, 0.29) is 11.9 Å². The first-order valence-corrected chi connectivity index (χ1v) is 8.67. The summed E-state index contributed by atoms with van der Waals surface area (Å²) in [5.74, 6) is -0.746. The van der Waals surface area contributed by atoms with Gasteiger partial charge in [-0.15, -0.1) is 0 Å². The summed E-state index contributed by atoms with van der Waals surface area (Å²) in [7, 11) is 0. The minimum atomic E-state index is -0.387. The van der Waals surface area contributed by atoms with Crippen LogP contribution in [0.1, 0.15) is 89.9 Å². The summed E-state index contributed by atoms with van der Waals surface area (Å²) >= 11 is 0. The summed E-state index contributed by atoms with van der Waals surface area (Å²) < 4.78 is 4.80. The van der Waals surface area contributed by atoms with Crippen LogP contribution < -0.4 is 0 Å². The Morgan fingerprint density at radius 3 is 1.71 bits per heavy atom. The molecule has 0 bridgehead atoms. The fourth-order valence-corrected chi connectivity index (χ4v) is 2.61. The lowest BCUT2D eigenvalue weighted by molar-refractivity contribution is -0.159. The molecule has 21 heavy (non-hydrogen) atoms. The molecule has 0 unspecified atom stereocenters. The van der Waals surface area contributed by atoms with Gasteiger partial charge in [-0.1, -0.05) is 63.5 Å². The van der Waals surface area contributed by atoms with Gasteiger partial charge in [0.25, 0.3) is 0 Å². The fourth-order valence-electron chi connectivity index (χ4n) is 2.61. The highest BCUT2D eigenvalue weighted by Crippen LogP contribution is 2.13. The second kappa shape index (κ2) is 12.6. The fraction of sp³-hybridized carbons (Fsp3) is 0.778. The van der Waals surface area contributed by atoms with Crippen LogP contribution in [-0.2, 0) is 14.3 Å². The number of cyclic esters (lactones) is 2. The van der Waals surface area contributed by atoms with E-state index in [2.05, 4.69) is 6.08 Å². The number of carbonyl (C=O) groups excluding carboxylic acids is 2. The maximum Gasteiger partial charge on any atom is 0.313 e. The van der Waals surface area contributed by atoms with Gasteiger partial charge in [0, 0.05) is 12.8 Å². The summed E-state index contributed by atoms with van der Waals surface area (Å²) in [5.41, 5.74) is 0. The molecule has 0 fully saturated rings. The quantitative estimate of drug-likeness (QED) is 0.355. The first kappa shape index (κ1) is 17.9. The first-order valence-electron chi connectivity index (χ1n) is 8.67. The van der Waals surface area contributed by atoms with Crippen LogP contribution >= 0.6 is 0 Å². The van der Waals surface area contributed by atoms with E-state index in [0.717, 1.165) is 19.3 Å². The Kier molecular flexibility index (Phi) is 10.8.